The van der Waals surface area contributed by atoms with Crippen molar-refractivity contribution in [2.24, 2.45) is 11.8 Å². The van der Waals surface area contributed by atoms with Crippen LogP contribution in [-0.4, -0.2) is 32.0 Å². The smallest absolute Gasteiger partial charge is 0.0975 e. The molecule has 0 aliphatic carbocycles. The Bertz CT molecular complexity index is 136. The molecular formula is C9H20N2O2. The highest BCUT2D eigenvalue weighted by Gasteiger charge is 2.24. The van der Waals surface area contributed by atoms with Crippen molar-refractivity contribution in [1.82, 2.24) is 5.43 Å². The first-order valence-corrected chi connectivity index (χ1v) is 4.89. The van der Waals surface area contributed by atoms with Crippen LogP contribution in [0.15, 0.2) is 0 Å². The van der Waals surface area contributed by atoms with Gasteiger partial charge >= 0.3 is 0 Å². The first-order chi connectivity index (χ1) is 6.24. The zero-order valence-corrected chi connectivity index (χ0v) is 8.45. The molecule has 0 radical (unpaired) electrons. The summed E-state index contributed by atoms with van der Waals surface area (Å²) in [6.07, 6.45) is 1.13. The molecule has 3 N–H and O–H groups in total. The number of hydrogen-bond acceptors (Lipinski definition) is 4. The van der Waals surface area contributed by atoms with E-state index in [2.05, 4.69) is 19.3 Å². The molecule has 2 unspecified atom stereocenters. The van der Waals surface area contributed by atoms with Gasteiger partial charge in [0.2, 0.25) is 0 Å². The van der Waals surface area contributed by atoms with Crippen LogP contribution < -0.4 is 11.3 Å². The summed E-state index contributed by atoms with van der Waals surface area (Å²) in [5.41, 5.74) is 2.80. The van der Waals surface area contributed by atoms with Gasteiger partial charge in [-0.2, -0.15) is 0 Å². The predicted octanol–water partition coefficient (Wildman–Crippen LogP) is 0.280. The van der Waals surface area contributed by atoms with Gasteiger partial charge in [0.15, 0.2) is 0 Å². The van der Waals surface area contributed by atoms with Gasteiger partial charge in [0.1, 0.15) is 0 Å². The van der Waals surface area contributed by atoms with E-state index in [1.807, 2.05) is 0 Å². The fourth-order valence-corrected chi connectivity index (χ4v) is 1.57. The monoisotopic (exact) mass is 188 g/mol. The van der Waals surface area contributed by atoms with Gasteiger partial charge in [0.05, 0.1) is 25.9 Å². The number of ether oxygens (including phenoxy) is 2. The van der Waals surface area contributed by atoms with Crippen molar-refractivity contribution in [2.75, 3.05) is 19.8 Å². The first-order valence-electron chi connectivity index (χ1n) is 4.89. The number of nitrogens with two attached hydrogens (primary N) is 1. The highest BCUT2D eigenvalue weighted by Crippen LogP contribution is 2.12. The maximum Gasteiger partial charge on any atom is 0.0975 e. The fraction of sp³-hybridized carbons (Fsp3) is 1.00. The Morgan fingerprint density at radius 2 is 2.23 bits per heavy atom. The van der Waals surface area contributed by atoms with E-state index < -0.39 is 0 Å². The maximum absolute atomic E-state index is 5.56. The van der Waals surface area contributed by atoms with Crippen LogP contribution in [0.1, 0.15) is 20.3 Å². The Hall–Kier alpha value is -0.160. The van der Waals surface area contributed by atoms with Gasteiger partial charge in [-0.3, -0.25) is 11.3 Å². The Morgan fingerprint density at radius 1 is 1.46 bits per heavy atom. The highest BCUT2D eigenvalue weighted by molar-refractivity contribution is 4.77. The van der Waals surface area contributed by atoms with Crippen molar-refractivity contribution < 1.29 is 9.47 Å². The molecule has 0 aromatic carbocycles. The minimum absolute atomic E-state index is 0.112. The van der Waals surface area contributed by atoms with E-state index in [0.717, 1.165) is 6.42 Å². The van der Waals surface area contributed by atoms with Gasteiger partial charge in [0, 0.05) is 6.04 Å². The van der Waals surface area contributed by atoms with Crippen LogP contribution in [0, 0.1) is 5.92 Å². The third kappa shape index (κ3) is 3.60. The Labute approximate surface area is 79.7 Å². The third-order valence-electron chi connectivity index (χ3n) is 2.23. The van der Waals surface area contributed by atoms with Crippen molar-refractivity contribution in [3.8, 4) is 0 Å². The molecule has 1 aliphatic heterocycles. The van der Waals surface area contributed by atoms with Gasteiger partial charge in [-0.1, -0.05) is 13.8 Å². The van der Waals surface area contributed by atoms with Crippen LogP contribution in [-0.2, 0) is 9.47 Å². The molecule has 0 bridgehead atoms. The minimum atomic E-state index is 0.112. The van der Waals surface area contributed by atoms with E-state index in [1.165, 1.54) is 0 Å². The first kappa shape index (κ1) is 10.9. The van der Waals surface area contributed by atoms with E-state index in [-0.39, 0.29) is 12.1 Å². The summed E-state index contributed by atoms with van der Waals surface area (Å²) in [6, 6.07) is 0.209. The zero-order chi connectivity index (χ0) is 9.68. The van der Waals surface area contributed by atoms with Crippen LogP contribution in [0.3, 0.4) is 0 Å². The SMILES string of the molecule is CC(C)CC(NN)C1COCCO1. The molecule has 1 aliphatic rings. The molecule has 4 heteroatoms. The molecule has 13 heavy (non-hydrogen) atoms. The van der Waals surface area contributed by atoms with Crippen LogP contribution >= 0.6 is 0 Å². The second-order valence-corrected chi connectivity index (χ2v) is 3.89. The second kappa shape index (κ2) is 5.54. The summed E-state index contributed by atoms with van der Waals surface area (Å²) in [5, 5.41) is 0. The summed E-state index contributed by atoms with van der Waals surface area (Å²) < 4.78 is 10.9. The number of nitrogens with one attached hydrogen (secondary N) is 1. The van der Waals surface area contributed by atoms with E-state index in [0.29, 0.717) is 25.7 Å². The van der Waals surface area contributed by atoms with E-state index >= 15 is 0 Å². The Kier molecular flexibility index (Phi) is 4.66. The van der Waals surface area contributed by atoms with Gasteiger partial charge in [-0.05, 0) is 12.3 Å². The molecule has 1 rings (SSSR count). The normalized spacial score (nSPS) is 26.3. The van der Waals surface area contributed by atoms with Crippen LogP contribution in [0.25, 0.3) is 0 Å². The fourth-order valence-electron chi connectivity index (χ4n) is 1.57. The number of hydrazine groups is 1. The summed E-state index contributed by atoms with van der Waals surface area (Å²) in [7, 11) is 0. The van der Waals surface area contributed by atoms with Gasteiger partial charge in [-0.15, -0.1) is 0 Å². The van der Waals surface area contributed by atoms with Crippen molar-refractivity contribution in [2.45, 2.75) is 32.4 Å². The Morgan fingerprint density at radius 3 is 2.69 bits per heavy atom. The summed E-state index contributed by atoms with van der Waals surface area (Å²) in [6.45, 7) is 6.39. The lowest BCUT2D eigenvalue weighted by Crippen LogP contribution is -2.49. The minimum Gasteiger partial charge on any atom is -0.376 e. The van der Waals surface area contributed by atoms with Crippen molar-refractivity contribution >= 4 is 0 Å². The molecule has 0 spiro atoms. The molecule has 1 heterocycles. The standard InChI is InChI=1S/C9H20N2O2/c1-7(2)5-8(11-10)9-6-12-3-4-13-9/h7-9,11H,3-6,10H2,1-2H3. The lowest BCUT2D eigenvalue weighted by atomic mass is 10.00. The summed E-state index contributed by atoms with van der Waals surface area (Å²) in [5.74, 6) is 6.08. The van der Waals surface area contributed by atoms with E-state index in [4.69, 9.17) is 15.3 Å². The molecule has 1 saturated heterocycles. The van der Waals surface area contributed by atoms with Gasteiger partial charge in [-0.25, -0.2) is 0 Å². The van der Waals surface area contributed by atoms with Crippen molar-refractivity contribution in [3.05, 3.63) is 0 Å². The molecule has 0 aromatic heterocycles. The molecule has 0 aromatic rings. The number of hydrogen-bond donors (Lipinski definition) is 2. The van der Waals surface area contributed by atoms with Crippen molar-refractivity contribution in [3.63, 3.8) is 0 Å². The zero-order valence-electron chi connectivity index (χ0n) is 8.45. The van der Waals surface area contributed by atoms with E-state index in [1.54, 1.807) is 0 Å². The number of rotatable bonds is 4. The average Bonchev–Trinajstić information content (AvgIpc) is 2.15. The van der Waals surface area contributed by atoms with Crippen LogP contribution in [0.4, 0.5) is 0 Å². The maximum atomic E-state index is 5.56. The predicted molar refractivity (Wildman–Crippen MR) is 51.1 cm³/mol. The lowest BCUT2D eigenvalue weighted by Gasteiger charge is -2.30. The molecule has 1 fully saturated rings. The quantitative estimate of drug-likeness (QED) is 0.491. The second-order valence-electron chi connectivity index (χ2n) is 3.89. The summed E-state index contributed by atoms with van der Waals surface area (Å²) in [4.78, 5) is 0. The molecular weight excluding hydrogens is 168 g/mol. The average molecular weight is 188 g/mol. The molecule has 0 saturated carbocycles. The van der Waals surface area contributed by atoms with Crippen LogP contribution in [0.2, 0.25) is 0 Å². The Balaban J connectivity index is 2.34. The van der Waals surface area contributed by atoms with Crippen LogP contribution in [0.5, 0.6) is 0 Å². The topological polar surface area (TPSA) is 56.5 Å². The lowest BCUT2D eigenvalue weighted by molar-refractivity contribution is -0.103. The van der Waals surface area contributed by atoms with Gasteiger partial charge in [0.25, 0.3) is 0 Å². The molecule has 4 nitrogen and oxygen atoms in total. The van der Waals surface area contributed by atoms with Gasteiger partial charge < -0.3 is 9.47 Å². The van der Waals surface area contributed by atoms with Crippen molar-refractivity contribution in [1.29, 1.82) is 0 Å². The largest absolute Gasteiger partial charge is 0.376 e. The summed E-state index contributed by atoms with van der Waals surface area (Å²) >= 11 is 0. The third-order valence-corrected chi connectivity index (χ3v) is 2.23. The molecule has 78 valence electrons. The molecule has 0 amide bonds. The van der Waals surface area contributed by atoms with E-state index in [9.17, 15) is 0 Å². The highest BCUT2D eigenvalue weighted by atomic mass is 16.6. The molecule has 2 atom stereocenters.